The van der Waals surface area contributed by atoms with E-state index in [1.807, 2.05) is 31.2 Å². The van der Waals surface area contributed by atoms with E-state index >= 15 is 0 Å². The van der Waals surface area contributed by atoms with Gasteiger partial charge in [-0.2, -0.15) is 0 Å². The third kappa shape index (κ3) is 4.83. The molecule has 156 valence electrons. The summed E-state index contributed by atoms with van der Waals surface area (Å²) in [6.45, 7) is 3.75. The fourth-order valence-electron chi connectivity index (χ4n) is 4.41. The van der Waals surface area contributed by atoms with Crippen LogP contribution >= 0.6 is 0 Å². The first kappa shape index (κ1) is 21.4. The second-order valence-electron chi connectivity index (χ2n) is 8.13. The second kappa shape index (κ2) is 9.47. The molecule has 3 rings (SSSR count). The number of fused-ring (bicyclic) bond motifs is 3. The molecule has 0 amide bonds. The standard InChI is InChI=1S/C24H30O5/c1-3-4-7-15(2)19(25)13-12-17-20(26)14-21-23(17)18-10-5-8-16(24(18)29-21)9-6-11-22(27)28/h5,8,10,12-13,15,17,19-21,23,25-26H,6-7,9,11,14H2,1-2H3,(H,27,28)/t15-,17-,19+,20+,21-,23-/m0/s1. The Balaban J connectivity index is 1.75. The van der Waals surface area contributed by atoms with E-state index in [-0.39, 0.29) is 30.3 Å². The van der Waals surface area contributed by atoms with Crippen LogP contribution < -0.4 is 4.74 Å². The number of para-hydroxylation sites is 1. The van der Waals surface area contributed by atoms with Gasteiger partial charge in [0.25, 0.3) is 0 Å². The van der Waals surface area contributed by atoms with E-state index in [0.29, 0.717) is 25.7 Å². The van der Waals surface area contributed by atoms with Gasteiger partial charge in [0, 0.05) is 36.7 Å². The number of hydrogen-bond donors (Lipinski definition) is 3. The Hall–Kier alpha value is -2.29. The summed E-state index contributed by atoms with van der Waals surface area (Å²) in [5, 5.41) is 29.9. The molecule has 1 heterocycles. The summed E-state index contributed by atoms with van der Waals surface area (Å²) in [5.74, 6) is 5.87. The molecule has 0 saturated heterocycles. The molecule has 1 saturated carbocycles. The van der Waals surface area contributed by atoms with E-state index in [4.69, 9.17) is 9.84 Å². The van der Waals surface area contributed by atoms with Crippen LogP contribution in [0.15, 0.2) is 30.4 Å². The minimum atomic E-state index is -0.790. The Bertz CT molecular complexity index is 818. The molecule has 0 radical (unpaired) electrons. The van der Waals surface area contributed by atoms with Gasteiger partial charge in [-0.25, -0.2) is 0 Å². The van der Waals surface area contributed by atoms with Gasteiger partial charge >= 0.3 is 5.97 Å². The molecule has 1 aliphatic heterocycles. The van der Waals surface area contributed by atoms with Crippen molar-refractivity contribution in [1.82, 2.24) is 0 Å². The molecule has 5 nitrogen and oxygen atoms in total. The number of aryl methyl sites for hydroxylation is 1. The third-order valence-electron chi connectivity index (χ3n) is 6.04. The molecule has 0 aromatic heterocycles. The number of rotatable bonds is 8. The molecule has 0 unspecified atom stereocenters. The Morgan fingerprint density at radius 2 is 2.21 bits per heavy atom. The maximum atomic E-state index is 10.8. The quantitative estimate of drug-likeness (QED) is 0.462. The van der Waals surface area contributed by atoms with Crippen LogP contribution in [0.5, 0.6) is 5.75 Å². The molecule has 1 fully saturated rings. The summed E-state index contributed by atoms with van der Waals surface area (Å²) in [7, 11) is 0. The average molecular weight is 398 g/mol. The number of aliphatic hydroxyl groups is 2. The molecule has 0 bridgehead atoms. The van der Waals surface area contributed by atoms with E-state index in [2.05, 4.69) is 11.8 Å². The lowest BCUT2D eigenvalue weighted by molar-refractivity contribution is -0.137. The lowest BCUT2D eigenvalue weighted by Crippen LogP contribution is -2.19. The van der Waals surface area contributed by atoms with Gasteiger partial charge in [-0.3, -0.25) is 4.79 Å². The van der Waals surface area contributed by atoms with E-state index < -0.39 is 18.2 Å². The van der Waals surface area contributed by atoms with Crippen molar-refractivity contribution in [2.45, 2.75) is 70.2 Å². The van der Waals surface area contributed by atoms with Crippen molar-refractivity contribution in [3.8, 4) is 17.6 Å². The summed E-state index contributed by atoms with van der Waals surface area (Å²) >= 11 is 0. The van der Waals surface area contributed by atoms with Gasteiger partial charge in [0.1, 0.15) is 11.9 Å². The van der Waals surface area contributed by atoms with Gasteiger partial charge in [-0.15, -0.1) is 11.8 Å². The van der Waals surface area contributed by atoms with Crippen LogP contribution in [0.1, 0.15) is 56.6 Å². The van der Waals surface area contributed by atoms with Gasteiger partial charge in [0.05, 0.1) is 12.2 Å². The van der Waals surface area contributed by atoms with Crippen molar-refractivity contribution in [2.75, 3.05) is 0 Å². The van der Waals surface area contributed by atoms with E-state index in [0.717, 1.165) is 16.9 Å². The van der Waals surface area contributed by atoms with Gasteiger partial charge in [0.2, 0.25) is 0 Å². The van der Waals surface area contributed by atoms with E-state index in [9.17, 15) is 15.0 Å². The van der Waals surface area contributed by atoms with Gasteiger partial charge in [0.15, 0.2) is 0 Å². The molecule has 29 heavy (non-hydrogen) atoms. The van der Waals surface area contributed by atoms with Gasteiger partial charge < -0.3 is 20.1 Å². The molecule has 5 heteroatoms. The van der Waals surface area contributed by atoms with E-state index in [1.165, 1.54) is 0 Å². The first-order chi connectivity index (χ1) is 13.9. The number of carboxylic acid groups (broad SMARTS) is 1. The zero-order chi connectivity index (χ0) is 21.0. The molecule has 1 aliphatic carbocycles. The zero-order valence-corrected chi connectivity index (χ0v) is 17.0. The molecule has 2 aliphatic rings. The van der Waals surface area contributed by atoms with Crippen LogP contribution in [0, 0.1) is 23.7 Å². The third-order valence-corrected chi connectivity index (χ3v) is 6.04. The maximum absolute atomic E-state index is 10.8. The number of benzene rings is 1. The van der Waals surface area contributed by atoms with Crippen LogP contribution in [0.3, 0.4) is 0 Å². The lowest BCUT2D eigenvalue weighted by Gasteiger charge is -2.19. The largest absolute Gasteiger partial charge is 0.489 e. The highest BCUT2D eigenvalue weighted by Gasteiger charge is 2.48. The number of carboxylic acids is 1. The topological polar surface area (TPSA) is 87.0 Å². The Labute approximate surface area is 172 Å². The van der Waals surface area contributed by atoms with Crippen molar-refractivity contribution in [3.05, 3.63) is 41.5 Å². The number of aliphatic carboxylic acids is 1. The highest BCUT2D eigenvalue weighted by molar-refractivity contribution is 5.66. The first-order valence-corrected chi connectivity index (χ1v) is 10.4. The monoisotopic (exact) mass is 398 g/mol. The van der Waals surface area contributed by atoms with Crippen molar-refractivity contribution in [3.63, 3.8) is 0 Å². The molecular weight excluding hydrogens is 368 g/mol. The molecular formula is C24H30O5. The molecule has 1 aromatic carbocycles. The van der Waals surface area contributed by atoms with Gasteiger partial charge in [-0.1, -0.05) is 37.3 Å². The number of hydrogen-bond acceptors (Lipinski definition) is 4. The van der Waals surface area contributed by atoms with Crippen molar-refractivity contribution < 1.29 is 24.9 Å². The Kier molecular flexibility index (Phi) is 7.00. The van der Waals surface area contributed by atoms with Crippen LogP contribution in [0.25, 0.3) is 0 Å². The second-order valence-corrected chi connectivity index (χ2v) is 8.13. The van der Waals surface area contributed by atoms with Crippen LogP contribution in [-0.4, -0.2) is 39.6 Å². The summed E-state index contributed by atoms with van der Waals surface area (Å²) < 4.78 is 6.21. The Morgan fingerprint density at radius 3 is 2.93 bits per heavy atom. The molecule has 1 aromatic rings. The summed E-state index contributed by atoms with van der Waals surface area (Å²) in [5.41, 5.74) is 2.11. The SMILES string of the molecule is CC#CC[C@H](C)[C@H](O)C=C[C@@H]1[C@H]2c3cccc(CCCC(=O)O)c3O[C@H]2C[C@H]1O. The fraction of sp³-hybridized carbons (Fsp3) is 0.542. The smallest absolute Gasteiger partial charge is 0.303 e. The number of ether oxygens (including phenoxy) is 1. The lowest BCUT2D eigenvalue weighted by atomic mass is 9.86. The first-order valence-electron chi connectivity index (χ1n) is 10.4. The van der Waals surface area contributed by atoms with Crippen molar-refractivity contribution >= 4 is 5.97 Å². The van der Waals surface area contributed by atoms with Crippen molar-refractivity contribution in [2.24, 2.45) is 11.8 Å². The average Bonchev–Trinajstić information content (AvgIpc) is 3.19. The molecule has 0 spiro atoms. The predicted molar refractivity (Wildman–Crippen MR) is 111 cm³/mol. The number of carbonyl (C=O) groups is 1. The highest BCUT2D eigenvalue weighted by Crippen LogP contribution is 2.52. The molecule has 3 N–H and O–H groups in total. The highest BCUT2D eigenvalue weighted by atomic mass is 16.5. The van der Waals surface area contributed by atoms with Gasteiger partial charge in [-0.05, 0) is 31.2 Å². The van der Waals surface area contributed by atoms with Crippen LogP contribution in [0.2, 0.25) is 0 Å². The normalized spacial score (nSPS) is 26.9. The van der Waals surface area contributed by atoms with Crippen LogP contribution in [0.4, 0.5) is 0 Å². The Morgan fingerprint density at radius 1 is 1.41 bits per heavy atom. The van der Waals surface area contributed by atoms with Crippen LogP contribution in [-0.2, 0) is 11.2 Å². The fourth-order valence-corrected chi connectivity index (χ4v) is 4.41. The zero-order valence-electron chi connectivity index (χ0n) is 17.0. The minimum absolute atomic E-state index is 0.0287. The minimum Gasteiger partial charge on any atom is -0.489 e. The van der Waals surface area contributed by atoms with Crippen molar-refractivity contribution in [1.29, 1.82) is 0 Å². The number of aliphatic hydroxyl groups excluding tert-OH is 2. The van der Waals surface area contributed by atoms with E-state index in [1.54, 1.807) is 13.0 Å². The molecule has 6 atom stereocenters. The summed E-state index contributed by atoms with van der Waals surface area (Å²) in [6, 6.07) is 6.01. The maximum Gasteiger partial charge on any atom is 0.303 e. The summed E-state index contributed by atoms with van der Waals surface area (Å²) in [4.78, 5) is 10.8. The predicted octanol–water partition coefficient (Wildman–Crippen LogP) is 3.29. The summed E-state index contributed by atoms with van der Waals surface area (Å²) in [6.07, 6.45) is 5.07.